The number of carbonyl (C=O) groups is 1. The molecule has 15 heavy (non-hydrogen) atoms. The molecule has 0 N–H and O–H groups in total. The molecule has 3 nitrogen and oxygen atoms in total. The molecule has 0 spiro atoms. The summed E-state index contributed by atoms with van der Waals surface area (Å²) in [5.74, 6) is 0.215. The van der Waals surface area contributed by atoms with E-state index in [0.717, 1.165) is 18.0 Å². The molecule has 82 valence electrons. The molecule has 1 saturated heterocycles. The van der Waals surface area contributed by atoms with Crippen molar-refractivity contribution in [3.05, 3.63) is 22.4 Å². The molecule has 1 aliphatic heterocycles. The lowest BCUT2D eigenvalue weighted by atomic mass is 10.2. The Morgan fingerprint density at radius 2 is 2.60 bits per heavy atom. The maximum absolute atomic E-state index is 11.9. The largest absolute Gasteiger partial charge is 0.375 e. The van der Waals surface area contributed by atoms with Crippen molar-refractivity contribution in [1.82, 2.24) is 4.90 Å². The Kier molecular flexibility index (Phi) is 3.38. The molecule has 0 bridgehead atoms. The molecule has 1 amide bonds. The highest BCUT2D eigenvalue weighted by Crippen LogP contribution is 2.12. The highest BCUT2D eigenvalue weighted by molar-refractivity contribution is 7.10. The number of hydrogen-bond acceptors (Lipinski definition) is 3. The van der Waals surface area contributed by atoms with Crippen LogP contribution >= 0.6 is 11.3 Å². The summed E-state index contributed by atoms with van der Waals surface area (Å²) in [6, 6.07) is 3.99. The van der Waals surface area contributed by atoms with E-state index in [-0.39, 0.29) is 12.0 Å². The molecule has 1 atom stereocenters. The van der Waals surface area contributed by atoms with Crippen LogP contribution in [0.25, 0.3) is 0 Å². The number of ether oxygens (including phenoxy) is 1. The first-order valence-corrected chi connectivity index (χ1v) is 6.05. The van der Waals surface area contributed by atoms with Crippen LogP contribution in [-0.4, -0.2) is 36.6 Å². The fraction of sp³-hybridized carbons (Fsp3) is 0.545. The van der Waals surface area contributed by atoms with Crippen molar-refractivity contribution in [3.63, 3.8) is 0 Å². The summed E-state index contributed by atoms with van der Waals surface area (Å²) >= 11 is 1.64. The number of amides is 1. The maximum atomic E-state index is 11.9. The summed E-state index contributed by atoms with van der Waals surface area (Å²) in [7, 11) is 0. The number of thiophene rings is 1. The average Bonchev–Trinajstić information content (AvgIpc) is 2.70. The van der Waals surface area contributed by atoms with Gasteiger partial charge in [0.25, 0.3) is 0 Å². The number of nitrogens with zero attached hydrogens (tertiary/aromatic N) is 1. The van der Waals surface area contributed by atoms with Crippen molar-refractivity contribution in [2.75, 3.05) is 19.7 Å². The van der Waals surface area contributed by atoms with Crippen LogP contribution in [0.4, 0.5) is 0 Å². The predicted octanol–water partition coefficient (Wildman–Crippen LogP) is 1.54. The van der Waals surface area contributed by atoms with E-state index >= 15 is 0 Å². The van der Waals surface area contributed by atoms with Crippen LogP contribution in [0.1, 0.15) is 11.8 Å². The fourth-order valence-corrected chi connectivity index (χ4v) is 2.41. The van der Waals surface area contributed by atoms with Gasteiger partial charge in [0.2, 0.25) is 5.91 Å². The second-order valence-corrected chi connectivity index (χ2v) is 4.81. The van der Waals surface area contributed by atoms with Crippen LogP contribution < -0.4 is 0 Å². The minimum absolute atomic E-state index is 0.172. The van der Waals surface area contributed by atoms with Gasteiger partial charge >= 0.3 is 0 Å². The van der Waals surface area contributed by atoms with Crippen LogP contribution in [0.5, 0.6) is 0 Å². The van der Waals surface area contributed by atoms with Crippen LogP contribution in [0.2, 0.25) is 0 Å². The van der Waals surface area contributed by atoms with E-state index in [9.17, 15) is 4.79 Å². The number of morpholine rings is 1. The van der Waals surface area contributed by atoms with E-state index < -0.39 is 0 Å². The maximum Gasteiger partial charge on any atom is 0.227 e. The van der Waals surface area contributed by atoms with Gasteiger partial charge in [0.1, 0.15) is 0 Å². The summed E-state index contributed by atoms with van der Waals surface area (Å²) in [6.07, 6.45) is 0.704. The molecule has 0 saturated carbocycles. The lowest BCUT2D eigenvalue weighted by Crippen LogP contribution is -2.45. The topological polar surface area (TPSA) is 29.5 Å². The van der Waals surface area contributed by atoms with Gasteiger partial charge in [-0.25, -0.2) is 0 Å². The molecular formula is C11H15NO2S. The van der Waals surface area contributed by atoms with Gasteiger partial charge < -0.3 is 9.64 Å². The Bertz CT molecular complexity index is 323. The Labute approximate surface area is 93.7 Å². The summed E-state index contributed by atoms with van der Waals surface area (Å²) < 4.78 is 5.40. The molecule has 0 unspecified atom stereocenters. The van der Waals surface area contributed by atoms with Gasteiger partial charge in [0.15, 0.2) is 0 Å². The molecule has 0 radical (unpaired) electrons. The van der Waals surface area contributed by atoms with Gasteiger partial charge in [-0.1, -0.05) is 6.07 Å². The first kappa shape index (κ1) is 10.6. The summed E-state index contributed by atoms with van der Waals surface area (Å²) in [6.45, 7) is 4.13. The van der Waals surface area contributed by atoms with Crippen LogP contribution in [0.3, 0.4) is 0 Å². The van der Waals surface area contributed by atoms with Gasteiger partial charge in [0, 0.05) is 18.0 Å². The SMILES string of the molecule is C[C@@H]1CN(C(=O)Cc2cccs2)CCO1. The van der Waals surface area contributed by atoms with Gasteiger partial charge in [-0.3, -0.25) is 4.79 Å². The third-order valence-corrected chi connectivity index (χ3v) is 3.38. The molecule has 4 heteroatoms. The van der Waals surface area contributed by atoms with Crippen molar-refractivity contribution < 1.29 is 9.53 Å². The van der Waals surface area contributed by atoms with E-state index in [2.05, 4.69) is 0 Å². The molecular weight excluding hydrogens is 210 g/mol. The van der Waals surface area contributed by atoms with E-state index in [0.29, 0.717) is 13.0 Å². The summed E-state index contributed by atoms with van der Waals surface area (Å²) in [5, 5.41) is 2.00. The highest BCUT2D eigenvalue weighted by Gasteiger charge is 2.21. The zero-order valence-corrected chi connectivity index (χ0v) is 9.63. The minimum atomic E-state index is 0.172. The van der Waals surface area contributed by atoms with Crippen molar-refractivity contribution in [2.45, 2.75) is 19.4 Å². The fourth-order valence-electron chi connectivity index (χ4n) is 1.72. The Morgan fingerprint density at radius 3 is 3.27 bits per heavy atom. The lowest BCUT2D eigenvalue weighted by Gasteiger charge is -2.31. The summed E-state index contributed by atoms with van der Waals surface area (Å²) in [5.41, 5.74) is 0. The molecule has 1 aromatic heterocycles. The third-order valence-electron chi connectivity index (χ3n) is 2.50. The molecule has 0 aromatic carbocycles. The molecule has 1 aliphatic rings. The van der Waals surface area contributed by atoms with Gasteiger partial charge in [-0.2, -0.15) is 0 Å². The van der Waals surface area contributed by atoms with E-state index in [1.54, 1.807) is 11.3 Å². The third kappa shape index (κ3) is 2.79. The van der Waals surface area contributed by atoms with Crippen LogP contribution in [0.15, 0.2) is 17.5 Å². The van der Waals surface area contributed by atoms with Crippen molar-refractivity contribution >= 4 is 17.2 Å². The molecule has 1 fully saturated rings. The number of rotatable bonds is 2. The van der Waals surface area contributed by atoms with E-state index in [1.807, 2.05) is 29.3 Å². The highest BCUT2D eigenvalue weighted by atomic mass is 32.1. The molecule has 0 aliphatic carbocycles. The van der Waals surface area contributed by atoms with Gasteiger partial charge in [-0.05, 0) is 18.4 Å². The second-order valence-electron chi connectivity index (χ2n) is 3.78. The summed E-state index contributed by atoms with van der Waals surface area (Å²) in [4.78, 5) is 14.9. The van der Waals surface area contributed by atoms with Crippen molar-refractivity contribution in [2.24, 2.45) is 0 Å². The number of carbonyl (C=O) groups excluding carboxylic acids is 1. The number of hydrogen-bond donors (Lipinski definition) is 0. The Hall–Kier alpha value is -0.870. The van der Waals surface area contributed by atoms with E-state index in [1.165, 1.54) is 0 Å². The monoisotopic (exact) mass is 225 g/mol. The second kappa shape index (κ2) is 4.77. The predicted molar refractivity (Wildman–Crippen MR) is 60.0 cm³/mol. The van der Waals surface area contributed by atoms with Crippen molar-refractivity contribution in [3.8, 4) is 0 Å². The van der Waals surface area contributed by atoms with E-state index in [4.69, 9.17) is 4.74 Å². The quantitative estimate of drug-likeness (QED) is 0.764. The van der Waals surface area contributed by atoms with Gasteiger partial charge in [0.05, 0.1) is 19.1 Å². The van der Waals surface area contributed by atoms with Crippen molar-refractivity contribution in [1.29, 1.82) is 0 Å². The molecule has 1 aromatic rings. The molecule has 2 heterocycles. The zero-order valence-electron chi connectivity index (χ0n) is 8.81. The first-order chi connectivity index (χ1) is 7.25. The van der Waals surface area contributed by atoms with Crippen LogP contribution in [0, 0.1) is 0 Å². The lowest BCUT2D eigenvalue weighted by molar-refractivity contribution is -0.137. The van der Waals surface area contributed by atoms with Crippen LogP contribution in [-0.2, 0) is 16.0 Å². The van der Waals surface area contributed by atoms with Gasteiger partial charge in [-0.15, -0.1) is 11.3 Å². The smallest absolute Gasteiger partial charge is 0.227 e. The first-order valence-electron chi connectivity index (χ1n) is 5.17. The average molecular weight is 225 g/mol. The standard InChI is InChI=1S/C11H15NO2S/c1-9-8-12(4-5-14-9)11(13)7-10-3-2-6-15-10/h2-3,6,9H,4-5,7-8H2,1H3/t9-/m1/s1. The molecule has 2 rings (SSSR count). The Balaban J connectivity index is 1.90. The zero-order chi connectivity index (χ0) is 10.7. The Morgan fingerprint density at radius 1 is 1.73 bits per heavy atom. The minimum Gasteiger partial charge on any atom is -0.375 e. The normalized spacial score (nSPS) is 21.7.